The Hall–Kier alpha value is -2.49. The highest BCUT2D eigenvalue weighted by Crippen LogP contribution is 2.49. The van der Waals surface area contributed by atoms with Crippen molar-refractivity contribution in [3.8, 4) is 0 Å². The standard InChI is InChI=1S/C41H60NO4P/c1-36(2,3)24-18-26-27-19-25(37(4,5)6)21-29(39(10,11)12)34(27)46-47(45-33(26)28(20-24)38(7,8)9)44-31-23-41(16,17)22-30-32(31)42-35(43-30)40(13,14)15/h18-21,31H,22-23H2,1-17H3/t31-/m0/s1. The molecule has 0 bridgehead atoms. The molecular formula is C41H60NO4P. The van der Waals surface area contributed by atoms with Gasteiger partial charge in [-0.3, -0.25) is 4.52 Å². The molecule has 4 aromatic rings. The van der Waals surface area contributed by atoms with E-state index in [9.17, 15) is 0 Å². The molecule has 0 spiro atoms. The van der Waals surface area contributed by atoms with Gasteiger partial charge in [-0.1, -0.05) is 130 Å². The Morgan fingerprint density at radius 2 is 1.11 bits per heavy atom. The first-order valence-electron chi connectivity index (χ1n) is 17.4. The summed E-state index contributed by atoms with van der Waals surface area (Å²) >= 11 is 0. The molecule has 0 N–H and O–H groups in total. The number of benzene rings is 2. The molecule has 1 atom stereocenters. The third-order valence-electron chi connectivity index (χ3n) is 9.41. The predicted molar refractivity (Wildman–Crippen MR) is 198 cm³/mol. The summed E-state index contributed by atoms with van der Waals surface area (Å²) in [7, 11) is -1.86. The summed E-state index contributed by atoms with van der Waals surface area (Å²) < 4.78 is 27.6. The van der Waals surface area contributed by atoms with Crippen molar-refractivity contribution in [2.45, 2.75) is 164 Å². The van der Waals surface area contributed by atoms with Crippen LogP contribution in [0.4, 0.5) is 0 Å². The van der Waals surface area contributed by atoms with Crippen molar-refractivity contribution in [2.24, 2.45) is 5.41 Å². The second kappa shape index (κ2) is 11.3. The van der Waals surface area contributed by atoms with Crippen molar-refractivity contribution in [3.05, 3.63) is 63.9 Å². The summed E-state index contributed by atoms with van der Waals surface area (Å²) in [6, 6.07) is 9.34. The molecule has 0 unspecified atom stereocenters. The van der Waals surface area contributed by atoms with E-state index in [-0.39, 0.29) is 38.6 Å². The largest absolute Gasteiger partial charge is 0.445 e. The van der Waals surface area contributed by atoms with E-state index < -0.39 is 8.24 Å². The summed E-state index contributed by atoms with van der Waals surface area (Å²) in [4.78, 5) is 5.05. The number of fused-ring (bicyclic) bond motifs is 4. The number of nitrogens with zero attached hydrogens (tertiary/aromatic N) is 1. The van der Waals surface area contributed by atoms with E-state index in [0.29, 0.717) is 0 Å². The summed E-state index contributed by atoms with van der Waals surface area (Å²) in [5.41, 5.74) is 6.75. The summed E-state index contributed by atoms with van der Waals surface area (Å²) in [5.74, 6) is 1.66. The normalized spacial score (nSPS) is 17.8. The monoisotopic (exact) mass is 661 g/mol. The van der Waals surface area contributed by atoms with E-state index >= 15 is 0 Å². The molecule has 0 saturated carbocycles. The molecule has 2 aromatic heterocycles. The minimum absolute atomic E-state index is 0.0281. The van der Waals surface area contributed by atoms with Gasteiger partial charge in [-0.2, -0.15) is 0 Å². The lowest BCUT2D eigenvalue weighted by molar-refractivity contribution is 0.143. The predicted octanol–water partition coefficient (Wildman–Crippen LogP) is 12.9. The molecule has 0 saturated heterocycles. The fourth-order valence-electron chi connectivity index (χ4n) is 6.40. The van der Waals surface area contributed by atoms with Gasteiger partial charge >= 0.3 is 8.24 Å². The van der Waals surface area contributed by atoms with Gasteiger partial charge in [0.25, 0.3) is 0 Å². The maximum Gasteiger partial charge on any atom is 0.388 e. The highest BCUT2D eigenvalue weighted by molar-refractivity contribution is 7.31. The van der Waals surface area contributed by atoms with Crippen LogP contribution in [0.25, 0.3) is 21.9 Å². The fraction of sp³-hybridized carbons (Fsp3) is 0.634. The van der Waals surface area contributed by atoms with E-state index in [2.05, 4.69) is 142 Å². The van der Waals surface area contributed by atoms with Crippen LogP contribution in [0.3, 0.4) is 0 Å². The first-order valence-corrected chi connectivity index (χ1v) is 18.5. The summed E-state index contributed by atoms with van der Waals surface area (Å²) in [5, 5.41) is 2.15. The minimum Gasteiger partial charge on any atom is -0.445 e. The maximum absolute atomic E-state index is 7.08. The lowest BCUT2D eigenvalue weighted by atomic mass is 9.77. The van der Waals surface area contributed by atoms with Gasteiger partial charge in [-0.05, 0) is 56.8 Å². The van der Waals surface area contributed by atoms with E-state index in [1.54, 1.807) is 0 Å². The van der Waals surface area contributed by atoms with Gasteiger partial charge in [0.2, 0.25) is 0 Å². The molecule has 0 fully saturated rings. The van der Waals surface area contributed by atoms with Gasteiger partial charge < -0.3 is 12.8 Å². The van der Waals surface area contributed by atoms with Crippen LogP contribution in [0.5, 0.6) is 0 Å². The van der Waals surface area contributed by atoms with Gasteiger partial charge in [0.1, 0.15) is 28.7 Å². The molecule has 1 aliphatic rings. The molecule has 47 heavy (non-hydrogen) atoms. The number of hydrogen-bond acceptors (Lipinski definition) is 5. The van der Waals surface area contributed by atoms with Crippen molar-refractivity contribution < 1.29 is 17.3 Å². The lowest BCUT2D eigenvalue weighted by Crippen LogP contribution is -2.27. The zero-order valence-electron chi connectivity index (χ0n) is 32.3. The second-order valence-electron chi connectivity index (χ2n) is 19.9. The van der Waals surface area contributed by atoms with Gasteiger partial charge in [0.15, 0.2) is 5.89 Å². The van der Waals surface area contributed by atoms with E-state index in [1.165, 1.54) is 11.1 Å². The molecule has 2 aromatic carbocycles. The van der Waals surface area contributed by atoms with Gasteiger partial charge in [-0.25, -0.2) is 4.98 Å². The molecule has 0 amide bonds. The van der Waals surface area contributed by atoms with Crippen molar-refractivity contribution >= 4 is 30.2 Å². The Kier molecular flexibility index (Phi) is 8.59. The zero-order chi connectivity index (χ0) is 35.3. The molecule has 5 nitrogen and oxygen atoms in total. The average molecular weight is 662 g/mol. The molecule has 5 rings (SSSR count). The zero-order valence-corrected chi connectivity index (χ0v) is 33.2. The Labute approximate surface area is 284 Å². The molecule has 1 aliphatic carbocycles. The highest BCUT2D eigenvalue weighted by atomic mass is 31.1. The van der Waals surface area contributed by atoms with Crippen LogP contribution in [0.2, 0.25) is 0 Å². The quantitative estimate of drug-likeness (QED) is 0.214. The number of rotatable bonds is 2. The molecular weight excluding hydrogens is 601 g/mol. The van der Waals surface area contributed by atoms with Gasteiger partial charge in [0.05, 0.1) is 0 Å². The van der Waals surface area contributed by atoms with Crippen molar-refractivity contribution in [2.75, 3.05) is 0 Å². The van der Waals surface area contributed by atoms with E-state index in [1.807, 2.05) is 0 Å². The lowest BCUT2D eigenvalue weighted by Gasteiger charge is -2.32. The van der Waals surface area contributed by atoms with Crippen molar-refractivity contribution in [3.63, 3.8) is 0 Å². The van der Waals surface area contributed by atoms with Gasteiger partial charge in [0, 0.05) is 33.7 Å². The van der Waals surface area contributed by atoms with Crippen LogP contribution in [-0.2, 0) is 33.5 Å². The number of hydrogen-bond donors (Lipinski definition) is 0. The molecule has 258 valence electrons. The van der Waals surface area contributed by atoms with Crippen LogP contribution >= 0.6 is 8.24 Å². The van der Waals surface area contributed by atoms with Crippen LogP contribution in [-0.4, -0.2) is 4.98 Å². The third kappa shape index (κ3) is 7.28. The van der Waals surface area contributed by atoms with E-state index in [0.717, 1.165) is 63.3 Å². The molecule has 0 aliphatic heterocycles. The Bertz CT molecular complexity index is 1760. The Morgan fingerprint density at radius 1 is 0.660 bits per heavy atom. The fourth-order valence-corrected chi connectivity index (χ4v) is 7.60. The molecule has 6 heteroatoms. The van der Waals surface area contributed by atoms with Crippen LogP contribution < -0.4 is 4.52 Å². The first-order chi connectivity index (χ1) is 21.1. The van der Waals surface area contributed by atoms with Crippen molar-refractivity contribution in [1.82, 2.24) is 4.98 Å². The third-order valence-corrected chi connectivity index (χ3v) is 10.5. The Balaban J connectivity index is 1.92. The van der Waals surface area contributed by atoms with Crippen LogP contribution in [0.1, 0.15) is 170 Å². The number of oxazole rings is 1. The van der Waals surface area contributed by atoms with Crippen molar-refractivity contribution in [1.29, 1.82) is 0 Å². The Morgan fingerprint density at radius 3 is 1.49 bits per heavy atom. The SMILES string of the molecule is CC1(C)Cc2oc(C(C)(C)C)nc2[C@@H](Op2oc3c(C(C)(C)C)cc(C(C)(C)C)cc3c3cc(C(C)(C)C)cc(C(C)(C)C)c3o2)C1. The maximum atomic E-state index is 7.08. The van der Waals surface area contributed by atoms with Crippen LogP contribution in [0.15, 0.2) is 37.1 Å². The van der Waals surface area contributed by atoms with Gasteiger partial charge in [-0.15, -0.1) is 0 Å². The smallest absolute Gasteiger partial charge is 0.388 e. The second-order valence-corrected chi connectivity index (χ2v) is 20.9. The highest BCUT2D eigenvalue weighted by Gasteiger charge is 2.40. The topological polar surface area (TPSA) is 61.5 Å². The average Bonchev–Trinajstić information content (AvgIpc) is 3.23. The molecule has 2 heterocycles. The van der Waals surface area contributed by atoms with E-state index in [4.69, 9.17) is 22.3 Å². The summed E-state index contributed by atoms with van der Waals surface area (Å²) in [6.07, 6.45) is 1.30. The first kappa shape index (κ1) is 35.8. The minimum atomic E-state index is -1.86. The number of aromatic nitrogens is 1. The summed E-state index contributed by atoms with van der Waals surface area (Å²) in [6.45, 7) is 38.2. The molecule has 0 radical (unpaired) electrons. The van der Waals surface area contributed by atoms with Crippen LogP contribution in [0, 0.1) is 5.41 Å².